The largest absolute Gasteiger partial charge is 0.453 e. The van der Waals surface area contributed by atoms with Gasteiger partial charge in [0.1, 0.15) is 0 Å². The van der Waals surface area contributed by atoms with Crippen LogP contribution in [0, 0.1) is 18.7 Å². The van der Waals surface area contributed by atoms with Crippen LogP contribution in [-0.2, 0) is 33.7 Å². The van der Waals surface area contributed by atoms with E-state index in [4.69, 9.17) is 0 Å². The molecule has 0 spiro atoms. The number of amides is 2. The lowest BCUT2D eigenvalue weighted by Crippen LogP contribution is -2.42. The maximum absolute atomic E-state index is 14.5. The van der Waals surface area contributed by atoms with Gasteiger partial charge in [-0.15, -0.1) is 0 Å². The topological polar surface area (TPSA) is 126 Å². The molecule has 0 aromatic carbocycles. The molecule has 0 unspecified atom stereocenters. The van der Waals surface area contributed by atoms with E-state index in [1.165, 1.54) is 28.8 Å². The number of methoxy groups -OCH3 is 1. The molecule has 2 amide bonds. The number of aromatic nitrogens is 3. The van der Waals surface area contributed by atoms with Gasteiger partial charge in [0.05, 0.1) is 37.1 Å². The Hall–Kier alpha value is -4.28. The zero-order chi connectivity index (χ0) is 30.3. The monoisotopic (exact) mass is 567 g/mol. The molecule has 0 aliphatic carbocycles. The average molecular weight is 568 g/mol. The number of nitrogens with zero attached hydrogens (tertiary/aromatic N) is 3. The SMILES string of the molecule is COC(=O)N[C@@H](CC/C=C/C(=O)N(C)C)C(=O)Cc1ccc(C)n(Cc2cc3c(F)cnc(CC(C)C)c3[nH]2)c1=O. The van der Waals surface area contributed by atoms with Crippen molar-refractivity contribution in [2.75, 3.05) is 21.2 Å². The quantitative estimate of drug-likeness (QED) is 0.322. The zero-order valence-corrected chi connectivity index (χ0v) is 24.4. The third-order valence-electron chi connectivity index (χ3n) is 6.71. The first-order valence-electron chi connectivity index (χ1n) is 13.5. The Bertz CT molecular complexity index is 1500. The van der Waals surface area contributed by atoms with Crippen molar-refractivity contribution >= 4 is 28.7 Å². The molecular formula is C30H38FN5O5. The van der Waals surface area contributed by atoms with Crippen LogP contribution in [0.15, 0.2) is 41.3 Å². The van der Waals surface area contributed by atoms with E-state index in [9.17, 15) is 23.6 Å². The van der Waals surface area contributed by atoms with Crippen molar-refractivity contribution in [1.82, 2.24) is 24.8 Å². The van der Waals surface area contributed by atoms with Gasteiger partial charge in [0.25, 0.3) is 5.56 Å². The van der Waals surface area contributed by atoms with Crippen LogP contribution < -0.4 is 10.9 Å². The second kappa shape index (κ2) is 13.9. The summed E-state index contributed by atoms with van der Waals surface area (Å²) in [6.07, 6.45) is 4.52. The summed E-state index contributed by atoms with van der Waals surface area (Å²) in [4.78, 5) is 59.3. The summed E-state index contributed by atoms with van der Waals surface area (Å²) < 4.78 is 20.7. The van der Waals surface area contributed by atoms with Crippen molar-refractivity contribution in [2.45, 2.75) is 59.0 Å². The number of likely N-dealkylation sites (N-methyl/N-ethyl adjacent to an activating group) is 1. The van der Waals surface area contributed by atoms with Crippen LogP contribution in [0.5, 0.6) is 0 Å². The maximum Gasteiger partial charge on any atom is 0.407 e. The van der Waals surface area contributed by atoms with Gasteiger partial charge in [-0.2, -0.15) is 0 Å². The van der Waals surface area contributed by atoms with Gasteiger partial charge in [-0.3, -0.25) is 19.4 Å². The first kappa shape index (κ1) is 31.3. The van der Waals surface area contributed by atoms with Crippen molar-refractivity contribution in [3.8, 4) is 0 Å². The molecule has 0 saturated heterocycles. The van der Waals surface area contributed by atoms with Gasteiger partial charge in [0.2, 0.25) is 5.91 Å². The number of rotatable bonds is 12. The van der Waals surface area contributed by atoms with Gasteiger partial charge in [-0.05, 0) is 50.3 Å². The van der Waals surface area contributed by atoms with Crippen molar-refractivity contribution in [2.24, 2.45) is 5.92 Å². The van der Waals surface area contributed by atoms with Crippen LogP contribution in [0.1, 0.15) is 49.3 Å². The molecule has 3 aromatic rings. The molecule has 2 N–H and O–H groups in total. The lowest BCUT2D eigenvalue weighted by molar-refractivity contribution is -0.123. The summed E-state index contributed by atoms with van der Waals surface area (Å²) in [5, 5.41) is 2.94. The Labute approximate surface area is 238 Å². The number of hydrogen-bond donors (Lipinski definition) is 2. The fraction of sp³-hybridized carbons (Fsp3) is 0.433. The number of halogens is 1. The Morgan fingerprint density at radius 2 is 1.98 bits per heavy atom. The third kappa shape index (κ3) is 8.12. The predicted molar refractivity (Wildman–Crippen MR) is 154 cm³/mol. The number of H-pyrrole nitrogens is 1. The number of hydrogen-bond acceptors (Lipinski definition) is 6. The average Bonchev–Trinajstić information content (AvgIpc) is 3.36. The highest BCUT2D eigenvalue weighted by Gasteiger charge is 2.23. The van der Waals surface area contributed by atoms with E-state index in [-0.39, 0.29) is 42.2 Å². The molecule has 3 rings (SSSR count). The molecule has 3 heterocycles. The zero-order valence-electron chi connectivity index (χ0n) is 24.4. The van der Waals surface area contributed by atoms with Gasteiger partial charge < -0.3 is 24.5 Å². The number of pyridine rings is 2. The number of carbonyl (C=O) groups is 3. The standard InChI is InChI=1S/C30H38FN5O5/c1-18(2)13-25-28-22(23(31)16-32-25)15-21(33-28)17-36-19(3)11-12-20(29(36)39)14-26(37)24(34-30(40)41-6)9-7-8-10-27(38)35(4)5/h8,10-12,15-16,18,24,33H,7,9,13-14,17H2,1-6H3,(H,34,40)/b10-8+/t24-/m0/s1. The van der Waals surface area contributed by atoms with Crippen LogP contribution in [0.4, 0.5) is 9.18 Å². The number of aromatic amines is 1. The van der Waals surface area contributed by atoms with Gasteiger partial charge in [-0.25, -0.2) is 9.18 Å². The van der Waals surface area contributed by atoms with Gasteiger partial charge in [0.15, 0.2) is 11.6 Å². The molecule has 3 aromatic heterocycles. The van der Waals surface area contributed by atoms with Crippen LogP contribution in [0.3, 0.4) is 0 Å². The van der Waals surface area contributed by atoms with Crippen LogP contribution >= 0.6 is 0 Å². The maximum atomic E-state index is 14.5. The van der Waals surface area contributed by atoms with Crippen LogP contribution in [-0.4, -0.2) is 64.5 Å². The van der Waals surface area contributed by atoms with E-state index in [1.807, 2.05) is 0 Å². The normalized spacial score (nSPS) is 12.2. The lowest BCUT2D eigenvalue weighted by Gasteiger charge is -2.17. The summed E-state index contributed by atoms with van der Waals surface area (Å²) in [6.45, 7) is 6.05. The van der Waals surface area contributed by atoms with Gasteiger partial charge in [0, 0.05) is 42.9 Å². The van der Waals surface area contributed by atoms with Crippen LogP contribution in [0.25, 0.3) is 10.9 Å². The Kier molecular flexibility index (Phi) is 10.6. The summed E-state index contributed by atoms with van der Waals surface area (Å²) in [6, 6.07) is 4.12. The molecule has 0 bridgehead atoms. The molecule has 0 aliphatic heterocycles. The second-order valence-electron chi connectivity index (χ2n) is 10.7. The van der Waals surface area contributed by atoms with Gasteiger partial charge >= 0.3 is 6.09 Å². The number of carbonyl (C=O) groups excluding carboxylic acids is 3. The number of nitrogens with one attached hydrogen (secondary N) is 2. The first-order chi connectivity index (χ1) is 19.4. The first-order valence-corrected chi connectivity index (χ1v) is 13.5. The molecule has 1 atom stereocenters. The Balaban J connectivity index is 1.83. The van der Waals surface area contributed by atoms with E-state index in [0.29, 0.717) is 41.1 Å². The second-order valence-corrected chi connectivity index (χ2v) is 10.7. The number of alkyl carbamates (subject to hydrolysis) is 1. The van der Waals surface area contributed by atoms with E-state index in [2.05, 4.69) is 33.9 Å². The number of fused-ring (bicyclic) bond motifs is 1. The minimum atomic E-state index is -0.917. The Morgan fingerprint density at radius 1 is 1.24 bits per heavy atom. The highest BCUT2D eigenvalue weighted by molar-refractivity contribution is 5.89. The van der Waals surface area contributed by atoms with Crippen LogP contribution in [0.2, 0.25) is 0 Å². The molecular weight excluding hydrogens is 529 g/mol. The molecule has 11 heteroatoms. The fourth-order valence-corrected chi connectivity index (χ4v) is 4.46. The molecule has 220 valence electrons. The summed E-state index contributed by atoms with van der Waals surface area (Å²) in [5.74, 6) is -0.675. The minimum Gasteiger partial charge on any atom is -0.453 e. The van der Waals surface area contributed by atoms with Crippen molar-refractivity contribution in [3.63, 3.8) is 0 Å². The number of ether oxygens (including phenoxy) is 1. The smallest absolute Gasteiger partial charge is 0.407 e. The molecule has 0 radical (unpaired) electrons. The van der Waals surface area contributed by atoms with E-state index < -0.39 is 18.0 Å². The summed E-state index contributed by atoms with van der Waals surface area (Å²) >= 11 is 0. The van der Waals surface area contributed by atoms with Gasteiger partial charge in [-0.1, -0.05) is 26.0 Å². The highest BCUT2D eigenvalue weighted by Crippen LogP contribution is 2.23. The van der Waals surface area contributed by atoms with Crippen molar-refractivity contribution < 1.29 is 23.5 Å². The summed E-state index contributed by atoms with van der Waals surface area (Å²) in [7, 11) is 4.46. The predicted octanol–water partition coefficient (Wildman–Crippen LogP) is 3.68. The lowest BCUT2D eigenvalue weighted by atomic mass is 10.0. The molecule has 41 heavy (non-hydrogen) atoms. The molecule has 10 nitrogen and oxygen atoms in total. The fourth-order valence-electron chi connectivity index (χ4n) is 4.46. The number of Topliss-reactive ketones (excluding diaryl/α,β-unsaturated/α-hetero) is 1. The highest BCUT2D eigenvalue weighted by atomic mass is 19.1. The number of allylic oxidation sites excluding steroid dienone is 1. The summed E-state index contributed by atoms with van der Waals surface area (Å²) in [5.41, 5.74) is 2.59. The van der Waals surface area contributed by atoms with Crippen molar-refractivity contribution in [3.05, 3.63) is 75.4 Å². The number of aryl methyl sites for hydroxylation is 1. The third-order valence-corrected chi connectivity index (χ3v) is 6.71. The van der Waals surface area contributed by atoms with E-state index in [0.717, 1.165) is 5.69 Å². The van der Waals surface area contributed by atoms with E-state index in [1.54, 1.807) is 45.3 Å². The molecule has 0 fully saturated rings. The van der Waals surface area contributed by atoms with E-state index >= 15 is 0 Å². The number of ketones is 1. The minimum absolute atomic E-state index is 0.149. The molecule has 0 aliphatic rings. The Morgan fingerprint density at radius 3 is 2.63 bits per heavy atom. The van der Waals surface area contributed by atoms with Crippen molar-refractivity contribution in [1.29, 1.82) is 0 Å². The molecule has 0 saturated carbocycles.